The highest BCUT2D eigenvalue weighted by Crippen LogP contribution is 2.27. The molecule has 0 radical (unpaired) electrons. The van der Waals surface area contributed by atoms with E-state index in [1.807, 2.05) is 11.9 Å². The van der Waals surface area contributed by atoms with E-state index in [1.54, 1.807) is 28.6 Å². The van der Waals surface area contributed by atoms with E-state index in [2.05, 4.69) is 19.2 Å². The Labute approximate surface area is 163 Å². The van der Waals surface area contributed by atoms with Crippen LogP contribution in [0.5, 0.6) is 0 Å². The Kier molecular flexibility index (Phi) is 6.23. The average Bonchev–Trinajstić information content (AvgIpc) is 2.67. The van der Waals surface area contributed by atoms with Gasteiger partial charge in [-0.15, -0.1) is 0 Å². The number of nitrogens with zero attached hydrogens (tertiary/aromatic N) is 2. The summed E-state index contributed by atoms with van der Waals surface area (Å²) in [4.78, 5) is 14.8. The summed E-state index contributed by atoms with van der Waals surface area (Å²) < 4.78 is 27.5. The summed E-state index contributed by atoms with van der Waals surface area (Å²) >= 11 is 0. The van der Waals surface area contributed by atoms with E-state index in [0.717, 1.165) is 32.4 Å². The summed E-state index contributed by atoms with van der Waals surface area (Å²) in [6.45, 7) is 6.78. The van der Waals surface area contributed by atoms with Crippen LogP contribution < -0.4 is 5.32 Å². The minimum Gasteiger partial charge on any atom is -0.339 e. The molecule has 2 aliphatic heterocycles. The highest BCUT2D eigenvalue weighted by molar-refractivity contribution is 7.89. The fourth-order valence-corrected chi connectivity index (χ4v) is 5.95. The average molecular weight is 394 g/mol. The molecule has 1 aromatic carbocycles. The van der Waals surface area contributed by atoms with Crippen molar-refractivity contribution in [2.24, 2.45) is 11.8 Å². The number of hydrogen-bond acceptors (Lipinski definition) is 4. The van der Waals surface area contributed by atoms with Gasteiger partial charge < -0.3 is 10.2 Å². The molecule has 1 aromatic rings. The molecule has 7 heteroatoms. The smallest absolute Gasteiger partial charge is 0.253 e. The van der Waals surface area contributed by atoms with Gasteiger partial charge in [-0.05, 0) is 62.4 Å². The molecule has 2 atom stereocenters. The number of carbonyl (C=O) groups is 1. The number of nitrogens with one attached hydrogen (secondary N) is 1. The zero-order valence-electron chi connectivity index (χ0n) is 16.5. The maximum atomic E-state index is 13.0. The summed E-state index contributed by atoms with van der Waals surface area (Å²) in [7, 11) is -1.56. The molecule has 3 rings (SSSR count). The van der Waals surface area contributed by atoms with Gasteiger partial charge in [0.1, 0.15) is 0 Å². The molecule has 2 fully saturated rings. The molecule has 0 aromatic heterocycles. The van der Waals surface area contributed by atoms with Gasteiger partial charge in [0.15, 0.2) is 0 Å². The first kappa shape index (κ1) is 20.3. The third-order valence-electron chi connectivity index (χ3n) is 5.76. The maximum absolute atomic E-state index is 13.0. The Morgan fingerprint density at radius 2 is 1.59 bits per heavy atom. The standard InChI is InChI=1S/C20H31N3O3S/c1-15-12-16(2)14-23(13-15)27(25,26)19-6-4-17(5-7-19)20(24)22-10-8-18(21-3)9-11-22/h4-7,15-16,18,21H,8-14H2,1-3H3. The van der Waals surface area contributed by atoms with Crippen molar-refractivity contribution < 1.29 is 13.2 Å². The molecule has 1 N–H and O–H groups in total. The Balaban J connectivity index is 1.70. The van der Waals surface area contributed by atoms with Gasteiger partial charge in [-0.25, -0.2) is 8.42 Å². The summed E-state index contributed by atoms with van der Waals surface area (Å²) in [5.41, 5.74) is 0.553. The first-order valence-corrected chi connectivity index (χ1v) is 11.3. The first-order chi connectivity index (χ1) is 12.8. The van der Waals surface area contributed by atoms with Gasteiger partial charge in [0, 0.05) is 37.8 Å². The van der Waals surface area contributed by atoms with Crippen LogP contribution in [0, 0.1) is 11.8 Å². The van der Waals surface area contributed by atoms with Crippen molar-refractivity contribution in [2.75, 3.05) is 33.2 Å². The molecule has 2 saturated heterocycles. The van der Waals surface area contributed by atoms with Crippen LogP contribution in [0.4, 0.5) is 0 Å². The molecular weight excluding hydrogens is 362 g/mol. The maximum Gasteiger partial charge on any atom is 0.253 e. The highest BCUT2D eigenvalue weighted by Gasteiger charge is 2.32. The summed E-state index contributed by atoms with van der Waals surface area (Å²) in [5, 5.41) is 3.26. The van der Waals surface area contributed by atoms with Gasteiger partial charge >= 0.3 is 0 Å². The van der Waals surface area contributed by atoms with E-state index in [4.69, 9.17) is 0 Å². The third kappa shape index (κ3) is 4.52. The van der Waals surface area contributed by atoms with Crippen LogP contribution in [-0.2, 0) is 10.0 Å². The Morgan fingerprint density at radius 3 is 2.11 bits per heavy atom. The van der Waals surface area contributed by atoms with Crippen molar-refractivity contribution in [1.82, 2.24) is 14.5 Å². The molecule has 0 spiro atoms. The van der Waals surface area contributed by atoms with Crippen LogP contribution in [-0.4, -0.2) is 62.8 Å². The SMILES string of the molecule is CNC1CCN(C(=O)c2ccc(S(=O)(=O)N3CC(C)CC(C)C3)cc2)CC1. The van der Waals surface area contributed by atoms with E-state index < -0.39 is 10.0 Å². The van der Waals surface area contributed by atoms with Crippen LogP contribution in [0.25, 0.3) is 0 Å². The van der Waals surface area contributed by atoms with Gasteiger partial charge in [0.05, 0.1) is 4.90 Å². The van der Waals surface area contributed by atoms with Crippen LogP contribution in [0.1, 0.15) is 43.5 Å². The van der Waals surface area contributed by atoms with Crippen LogP contribution >= 0.6 is 0 Å². The largest absolute Gasteiger partial charge is 0.339 e. The lowest BCUT2D eigenvalue weighted by atomic mass is 9.94. The van der Waals surface area contributed by atoms with E-state index in [1.165, 1.54) is 0 Å². The summed E-state index contributed by atoms with van der Waals surface area (Å²) in [5.74, 6) is 0.712. The highest BCUT2D eigenvalue weighted by atomic mass is 32.2. The minimum atomic E-state index is -3.51. The van der Waals surface area contributed by atoms with E-state index in [0.29, 0.717) is 36.5 Å². The molecule has 0 bridgehead atoms. The molecule has 27 heavy (non-hydrogen) atoms. The normalized spacial score (nSPS) is 25.5. The van der Waals surface area contributed by atoms with Gasteiger partial charge in [-0.1, -0.05) is 13.8 Å². The summed E-state index contributed by atoms with van der Waals surface area (Å²) in [6, 6.07) is 6.92. The van der Waals surface area contributed by atoms with Gasteiger partial charge in [0.2, 0.25) is 10.0 Å². The quantitative estimate of drug-likeness (QED) is 0.851. The number of rotatable bonds is 4. The van der Waals surface area contributed by atoms with Crippen molar-refractivity contribution in [3.8, 4) is 0 Å². The molecular formula is C20H31N3O3S. The molecule has 2 unspecified atom stereocenters. The Bertz CT molecular complexity index is 745. The number of likely N-dealkylation sites (tertiary alicyclic amines) is 1. The first-order valence-electron chi connectivity index (χ1n) is 9.88. The van der Waals surface area contributed by atoms with Crippen molar-refractivity contribution >= 4 is 15.9 Å². The molecule has 0 saturated carbocycles. The molecule has 6 nitrogen and oxygen atoms in total. The number of benzene rings is 1. The second-order valence-electron chi connectivity index (χ2n) is 8.15. The topological polar surface area (TPSA) is 69.7 Å². The Hall–Kier alpha value is -1.44. The lowest BCUT2D eigenvalue weighted by Crippen LogP contribution is -2.44. The predicted octanol–water partition coefficient (Wildman–Crippen LogP) is 2.18. The summed E-state index contributed by atoms with van der Waals surface area (Å²) in [6.07, 6.45) is 2.95. The molecule has 0 aliphatic carbocycles. The van der Waals surface area contributed by atoms with Crippen molar-refractivity contribution in [2.45, 2.75) is 44.0 Å². The second-order valence-corrected chi connectivity index (χ2v) is 10.1. The monoisotopic (exact) mass is 393 g/mol. The zero-order valence-corrected chi connectivity index (χ0v) is 17.3. The molecule has 2 aliphatic rings. The fourth-order valence-electron chi connectivity index (χ4n) is 4.27. The van der Waals surface area contributed by atoms with E-state index >= 15 is 0 Å². The second kappa shape index (κ2) is 8.29. The Morgan fingerprint density at radius 1 is 1.04 bits per heavy atom. The van der Waals surface area contributed by atoms with E-state index in [-0.39, 0.29) is 10.8 Å². The number of carbonyl (C=O) groups excluding carboxylic acids is 1. The molecule has 2 heterocycles. The van der Waals surface area contributed by atoms with Crippen molar-refractivity contribution in [3.05, 3.63) is 29.8 Å². The van der Waals surface area contributed by atoms with Crippen molar-refractivity contribution in [1.29, 1.82) is 0 Å². The van der Waals surface area contributed by atoms with Gasteiger partial charge in [-0.3, -0.25) is 4.79 Å². The molecule has 150 valence electrons. The lowest BCUT2D eigenvalue weighted by Gasteiger charge is -2.34. The zero-order chi connectivity index (χ0) is 19.6. The predicted molar refractivity (Wildman–Crippen MR) is 106 cm³/mol. The van der Waals surface area contributed by atoms with Crippen LogP contribution in [0.3, 0.4) is 0 Å². The number of hydrogen-bond donors (Lipinski definition) is 1. The number of sulfonamides is 1. The lowest BCUT2D eigenvalue weighted by molar-refractivity contribution is 0.0707. The fraction of sp³-hybridized carbons (Fsp3) is 0.650. The minimum absolute atomic E-state index is 0.0197. The molecule has 1 amide bonds. The van der Waals surface area contributed by atoms with Crippen molar-refractivity contribution in [3.63, 3.8) is 0 Å². The van der Waals surface area contributed by atoms with E-state index in [9.17, 15) is 13.2 Å². The third-order valence-corrected chi connectivity index (χ3v) is 7.61. The van der Waals surface area contributed by atoms with Crippen LogP contribution in [0.15, 0.2) is 29.2 Å². The van der Waals surface area contributed by atoms with Gasteiger partial charge in [0.25, 0.3) is 5.91 Å². The van der Waals surface area contributed by atoms with Gasteiger partial charge in [-0.2, -0.15) is 4.31 Å². The number of amides is 1. The number of piperidine rings is 2. The van der Waals surface area contributed by atoms with Crippen LogP contribution in [0.2, 0.25) is 0 Å².